The molecule has 1 amide bonds. The van der Waals surface area contributed by atoms with Crippen LogP contribution in [0.1, 0.15) is 28.8 Å². The van der Waals surface area contributed by atoms with Gasteiger partial charge in [-0.25, -0.2) is 5.43 Å². The van der Waals surface area contributed by atoms with E-state index in [1.165, 1.54) is 20.4 Å². The normalized spacial score (nSPS) is 10.1. The number of hydrazone groups is 1. The Morgan fingerprint density at radius 2 is 1.67 bits per heavy atom. The molecule has 0 aliphatic carbocycles. The SMILES string of the molecule is COc1ccc(C(=O)N/N=C/c2ccc(N(CCC#N)CCC#N)cc2)cc1OC. The van der Waals surface area contributed by atoms with Crippen LogP contribution >= 0.6 is 0 Å². The molecule has 8 heteroatoms. The molecule has 0 aromatic heterocycles. The largest absolute Gasteiger partial charge is 0.493 e. The van der Waals surface area contributed by atoms with Crippen molar-refractivity contribution in [2.75, 3.05) is 32.2 Å². The summed E-state index contributed by atoms with van der Waals surface area (Å²) in [5, 5.41) is 21.6. The van der Waals surface area contributed by atoms with Crippen LogP contribution in [0.4, 0.5) is 5.69 Å². The Morgan fingerprint density at radius 1 is 1.03 bits per heavy atom. The number of amides is 1. The first-order chi connectivity index (χ1) is 14.6. The number of carbonyl (C=O) groups is 1. The third-order valence-electron chi connectivity index (χ3n) is 4.27. The van der Waals surface area contributed by atoms with Crippen LogP contribution < -0.4 is 19.8 Å². The molecular weight excluding hydrogens is 382 g/mol. The fourth-order valence-corrected chi connectivity index (χ4v) is 2.72. The van der Waals surface area contributed by atoms with Crippen molar-refractivity contribution in [1.29, 1.82) is 10.5 Å². The van der Waals surface area contributed by atoms with Crippen LogP contribution in [0.2, 0.25) is 0 Å². The monoisotopic (exact) mass is 405 g/mol. The average molecular weight is 405 g/mol. The molecule has 154 valence electrons. The third-order valence-corrected chi connectivity index (χ3v) is 4.27. The van der Waals surface area contributed by atoms with Crippen molar-refractivity contribution in [1.82, 2.24) is 5.43 Å². The molecular formula is C22H23N5O3. The maximum absolute atomic E-state index is 12.3. The van der Waals surface area contributed by atoms with Crippen molar-refractivity contribution >= 4 is 17.8 Å². The van der Waals surface area contributed by atoms with Crippen LogP contribution in [-0.2, 0) is 0 Å². The van der Waals surface area contributed by atoms with Gasteiger partial charge in [0.15, 0.2) is 11.5 Å². The van der Waals surface area contributed by atoms with Gasteiger partial charge in [-0.1, -0.05) is 12.1 Å². The summed E-state index contributed by atoms with van der Waals surface area (Å²) in [6.45, 7) is 1.12. The molecule has 0 spiro atoms. The summed E-state index contributed by atoms with van der Waals surface area (Å²) in [5.41, 5.74) is 4.60. The molecule has 0 radical (unpaired) electrons. The lowest BCUT2D eigenvalue weighted by Gasteiger charge is -2.22. The fourth-order valence-electron chi connectivity index (χ4n) is 2.72. The van der Waals surface area contributed by atoms with Crippen LogP contribution in [0.15, 0.2) is 47.6 Å². The average Bonchev–Trinajstić information content (AvgIpc) is 2.79. The zero-order valence-electron chi connectivity index (χ0n) is 17.0. The fraction of sp³-hybridized carbons (Fsp3) is 0.273. The lowest BCUT2D eigenvalue weighted by atomic mass is 10.2. The van der Waals surface area contributed by atoms with Crippen molar-refractivity contribution < 1.29 is 14.3 Å². The minimum Gasteiger partial charge on any atom is -0.493 e. The molecule has 0 heterocycles. The van der Waals surface area contributed by atoms with Crippen LogP contribution in [-0.4, -0.2) is 39.4 Å². The van der Waals surface area contributed by atoms with Gasteiger partial charge in [0.05, 0.1) is 45.4 Å². The lowest BCUT2D eigenvalue weighted by Crippen LogP contribution is -2.25. The number of ether oxygens (including phenoxy) is 2. The zero-order chi connectivity index (χ0) is 21.8. The second-order valence-corrected chi connectivity index (χ2v) is 6.16. The first kappa shape index (κ1) is 22.3. The Labute approximate surface area is 175 Å². The number of methoxy groups -OCH3 is 2. The van der Waals surface area contributed by atoms with Crippen molar-refractivity contribution in [3.8, 4) is 23.6 Å². The Hall–Kier alpha value is -4.04. The molecule has 2 aromatic carbocycles. The van der Waals surface area contributed by atoms with E-state index in [1.54, 1.807) is 18.2 Å². The number of anilines is 1. The summed E-state index contributed by atoms with van der Waals surface area (Å²) in [7, 11) is 3.03. The van der Waals surface area contributed by atoms with Gasteiger partial charge in [-0.3, -0.25) is 4.79 Å². The molecule has 0 bridgehead atoms. The van der Waals surface area contributed by atoms with Crippen molar-refractivity contribution in [2.24, 2.45) is 5.10 Å². The second-order valence-electron chi connectivity index (χ2n) is 6.16. The van der Waals surface area contributed by atoms with E-state index in [0.717, 1.165) is 11.3 Å². The van der Waals surface area contributed by atoms with Gasteiger partial charge in [0.1, 0.15) is 0 Å². The smallest absolute Gasteiger partial charge is 0.271 e. The second kappa shape index (κ2) is 11.7. The number of rotatable bonds is 10. The topological polar surface area (TPSA) is 111 Å². The van der Waals surface area contributed by atoms with Gasteiger partial charge in [-0.2, -0.15) is 15.6 Å². The Balaban J connectivity index is 2.00. The first-order valence-electron chi connectivity index (χ1n) is 9.27. The van der Waals surface area contributed by atoms with Gasteiger partial charge in [-0.15, -0.1) is 0 Å². The molecule has 0 saturated carbocycles. The molecule has 30 heavy (non-hydrogen) atoms. The Bertz CT molecular complexity index is 940. The molecule has 2 rings (SSSR count). The van der Waals surface area contributed by atoms with Crippen LogP contribution in [0.3, 0.4) is 0 Å². The Morgan fingerprint density at radius 3 is 2.23 bits per heavy atom. The van der Waals surface area contributed by atoms with E-state index in [4.69, 9.17) is 20.0 Å². The number of hydrogen-bond acceptors (Lipinski definition) is 7. The number of nitrogens with zero attached hydrogens (tertiary/aromatic N) is 4. The van der Waals surface area contributed by atoms with Crippen LogP contribution in [0, 0.1) is 22.7 Å². The van der Waals surface area contributed by atoms with E-state index >= 15 is 0 Å². The highest BCUT2D eigenvalue weighted by Gasteiger charge is 2.10. The highest BCUT2D eigenvalue weighted by Crippen LogP contribution is 2.27. The number of hydrogen-bond donors (Lipinski definition) is 1. The van der Waals surface area contributed by atoms with Gasteiger partial charge < -0.3 is 14.4 Å². The molecule has 0 aliphatic rings. The number of carbonyl (C=O) groups excluding carboxylic acids is 1. The molecule has 0 fully saturated rings. The van der Waals surface area contributed by atoms with E-state index in [9.17, 15) is 4.79 Å². The summed E-state index contributed by atoms with van der Waals surface area (Å²) in [6, 6.07) is 16.6. The maximum atomic E-state index is 12.3. The van der Waals surface area contributed by atoms with Crippen LogP contribution in [0.25, 0.3) is 0 Å². The number of benzene rings is 2. The van der Waals surface area contributed by atoms with Crippen LogP contribution in [0.5, 0.6) is 11.5 Å². The van der Waals surface area contributed by atoms with Crippen molar-refractivity contribution in [3.05, 3.63) is 53.6 Å². The molecule has 8 nitrogen and oxygen atoms in total. The summed E-state index contributed by atoms with van der Waals surface area (Å²) >= 11 is 0. The van der Waals surface area contributed by atoms with E-state index in [2.05, 4.69) is 22.7 Å². The summed E-state index contributed by atoms with van der Waals surface area (Å²) in [6.07, 6.45) is 2.31. The molecule has 0 aliphatic heterocycles. The molecule has 0 atom stereocenters. The highest BCUT2D eigenvalue weighted by atomic mass is 16.5. The number of nitriles is 2. The van der Waals surface area contributed by atoms with Gasteiger partial charge in [0, 0.05) is 24.3 Å². The predicted octanol–water partition coefficient (Wildman–Crippen LogP) is 3.10. The van der Waals surface area contributed by atoms with E-state index in [0.29, 0.717) is 43.0 Å². The maximum Gasteiger partial charge on any atom is 0.271 e. The summed E-state index contributed by atoms with van der Waals surface area (Å²) in [5.74, 6) is 0.626. The first-order valence-corrected chi connectivity index (χ1v) is 9.27. The van der Waals surface area contributed by atoms with Gasteiger partial charge >= 0.3 is 0 Å². The Kier molecular flexibility index (Phi) is 8.70. The van der Waals surface area contributed by atoms with Gasteiger partial charge in [0.25, 0.3) is 5.91 Å². The van der Waals surface area contributed by atoms with E-state index in [-0.39, 0.29) is 5.91 Å². The van der Waals surface area contributed by atoms with Gasteiger partial charge in [-0.05, 0) is 35.9 Å². The highest BCUT2D eigenvalue weighted by molar-refractivity contribution is 5.95. The van der Waals surface area contributed by atoms with E-state index < -0.39 is 0 Å². The third kappa shape index (κ3) is 6.25. The molecule has 0 unspecified atom stereocenters. The predicted molar refractivity (Wildman–Crippen MR) is 114 cm³/mol. The van der Waals surface area contributed by atoms with E-state index in [1.807, 2.05) is 29.2 Å². The molecule has 2 aromatic rings. The minimum absolute atomic E-state index is 0.372. The lowest BCUT2D eigenvalue weighted by molar-refractivity contribution is 0.0954. The molecule has 1 N–H and O–H groups in total. The van der Waals surface area contributed by atoms with Crippen molar-refractivity contribution in [2.45, 2.75) is 12.8 Å². The number of nitrogens with one attached hydrogen (secondary N) is 1. The van der Waals surface area contributed by atoms with Crippen molar-refractivity contribution in [3.63, 3.8) is 0 Å². The molecule has 0 saturated heterocycles. The summed E-state index contributed by atoms with van der Waals surface area (Å²) in [4.78, 5) is 14.3. The van der Waals surface area contributed by atoms with Gasteiger partial charge in [0.2, 0.25) is 0 Å². The quantitative estimate of drug-likeness (QED) is 0.480. The summed E-state index contributed by atoms with van der Waals surface area (Å²) < 4.78 is 10.4. The zero-order valence-corrected chi connectivity index (χ0v) is 17.0. The minimum atomic E-state index is -0.372. The standard InChI is InChI=1S/C22H23N5O3/c1-29-20-10-7-18(15-21(20)30-2)22(28)26-25-16-17-5-8-19(9-6-17)27(13-3-11-23)14-4-12-24/h5-10,15-16H,3-4,13-14H2,1-2H3,(H,26,28)/b25-16+.